The minimum absolute atomic E-state index is 0.0698. The highest BCUT2D eigenvalue weighted by Gasteiger charge is 2.19. The van der Waals surface area contributed by atoms with Crippen molar-refractivity contribution in [2.75, 3.05) is 13.2 Å². The van der Waals surface area contributed by atoms with Gasteiger partial charge in [-0.3, -0.25) is 14.4 Å². The smallest absolute Gasteiger partial charge is 0.306 e. The molecule has 1 unspecified atom stereocenters. The predicted octanol–water partition coefficient (Wildman–Crippen LogP) is 24.7. The minimum atomic E-state index is -0.773. The van der Waals surface area contributed by atoms with Crippen LogP contribution in [-0.4, -0.2) is 37.2 Å². The lowest BCUT2D eigenvalue weighted by molar-refractivity contribution is -0.167. The molecule has 81 heavy (non-hydrogen) atoms. The lowest BCUT2D eigenvalue weighted by Crippen LogP contribution is -2.30. The molecule has 0 spiro atoms. The highest BCUT2D eigenvalue weighted by atomic mass is 16.6. The maximum Gasteiger partial charge on any atom is 0.306 e. The zero-order valence-corrected chi connectivity index (χ0v) is 54.3. The summed E-state index contributed by atoms with van der Waals surface area (Å²) in [7, 11) is 0. The number of ether oxygens (including phenoxy) is 3. The predicted molar refractivity (Wildman–Crippen MR) is 353 cm³/mol. The first-order valence-electron chi connectivity index (χ1n) is 35.8. The van der Waals surface area contributed by atoms with Gasteiger partial charge in [-0.25, -0.2) is 0 Å². The Kier molecular flexibility index (Phi) is 67.1. The maximum atomic E-state index is 12.9. The molecule has 0 aliphatic rings. The van der Waals surface area contributed by atoms with Crippen LogP contribution in [0, 0.1) is 0 Å². The van der Waals surface area contributed by atoms with Gasteiger partial charge < -0.3 is 14.2 Å². The van der Waals surface area contributed by atoms with E-state index >= 15 is 0 Å². The second-order valence-electron chi connectivity index (χ2n) is 24.1. The second kappa shape index (κ2) is 69.6. The van der Waals surface area contributed by atoms with E-state index in [1.54, 1.807) is 0 Å². The average molecular weight is 1130 g/mol. The van der Waals surface area contributed by atoms with Crippen molar-refractivity contribution in [1.82, 2.24) is 0 Å². The van der Waals surface area contributed by atoms with E-state index in [-0.39, 0.29) is 31.1 Å². The molecule has 0 bridgehead atoms. The van der Waals surface area contributed by atoms with Crippen LogP contribution in [0.15, 0.2) is 60.8 Å². The number of carbonyl (C=O) groups is 3. The molecule has 0 rings (SSSR count). The minimum Gasteiger partial charge on any atom is -0.462 e. The van der Waals surface area contributed by atoms with E-state index in [0.717, 1.165) is 83.5 Å². The summed E-state index contributed by atoms with van der Waals surface area (Å²) in [5.41, 5.74) is 0. The molecule has 0 aromatic carbocycles. The molecule has 0 saturated carbocycles. The van der Waals surface area contributed by atoms with E-state index < -0.39 is 6.10 Å². The summed E-state index contributed by atoms with van der Waals surface area (Å²) in [5.74, 6) is -0.848. The van der Waals surface area contributed by atoms with Crippen LogP contribution in [0.5, 0.6) is 0 Å². The Morgan fingerprint density at radius 2 is 0.481 bits per heavy atom. The molecule has 1 atom stereocenters. The van der Waals surface area contributed by atoms with E-state index in [2.05, 4.69) is 81.5 Å². The van der Waals surface area contributed by atoms with Crippen LogP contribution >= 0.6 is 0 Å². The van der Waals surface area contributed by atoms with Crippen molar-refractivity contribution in [3.63, 3.8) is 0 Å². The van der Waals surface area contributed by atoms with Crippen LogP contribution in [-0.2, 0) is 28.6 Å². The molecule has 6 nitrogen and oxygen atoms in total. The molecule has 0 radical (unpaired) electrons. The SMILES string of the molecule is CC/C=C\C/C=C\C/C=C\C/C=C\CCCCCCCCCCCCCCC(=O)OC(COC(=O)CCCCCCCCCCCCC)COC(=O)CCCCCCCCCCCCCCCCC/C=C\CCCCCCCCCC. The first-order valence-corrected chi connectivity index (χ1v) is 35.8. The van der Waals surface area contributed by atoms with Gasteiger partial charge in [-0.1, -0.05) is 338 Å². The Hall–Kier alpha value is -2.89. The fourth-order valence-electron chi connectivity index (χ4n) is 10.7. The first kappa shape index (κ1) is 78.1. The fraction of sp³-hybridized carbons (Fsp3) is 0.827. The molecular weight excluding hydrogens is 997 g/mol. The molecule has 0 aromatic heterocycles. The number of allylic oxidation sites excluding steroid dienone is 10. The Morgan fingerprint density at radius 1 is 0.259 bits per heavy atom. The Bertz CT molecular complexity index is 1440. The lowest BCUT2D eigenvalue weighted by Gasteiger charge is -2.18. The molecule has 0 heterocycles. The zero-order chi connectivity index (χ0) is 58.5. The maximum absolute atomic E-state index is 12.9. The summed E-state index contributed by atoms with van der Waals surface area (Å²) < 4.78 is 17.0. The summed E-state index contributed by atoms with van der Waals surface area (Å²) in [6.45, 7) is 6.58. The van der Waals surface area contributed by atoms with Gasteiger partial charge in [0.15, 0.2) is 6.10 Å². The number of unbranched alkanes of at least 4 members (excludes halogenated alkanes) is 45. The summed E-state index contributed by atoms with van der Waals surface area (Å²) >= 11 is 0. The summed E-state index contributed by atoms with van der Waals surface area (Å²) in [6, 6.07) is 0. The van der Waals surface area contributed by atoms with E-state index in [1.165, 1.54) is 257 Å². The topological polar surface area (TPSA) is 78.9 Å². The fourth-order valence-corrected chi connectivity index (χ4v) is 10.7. The molecule has 0 fully saturated rings. The van der Waals surface area contributed by atoms with Gasteiger partial charge in [0.25, 0.3) is 0 Å². The van der Waals surface area contributed by atoms with Gasteiger partial charge in [0.05, 0.1) is 0 Å². The third kappa shape index (κ3) is 67.8. The third-order valence-corrected chi connectivity index (χ3v) is 16.0. The van der Waals surface area contributed by atoms with Crippen molar-refractivity contribution >= 4 is 17.9 Å². The van der Waals surface area contributed by atoms with Crippen LogP contribution < -0.4 is 0 Å². The Balaban J connectivity index is 4.18. The van der Waals surface area contributed by atoms with Crippen molar-refractivity contribution in [1.29, 1.82) is 0 Å². The van der Waals surface area contributed by atoms with Crippen molar-refractivity contribution in [3.05, 3.63) is 60.8 Å². The molecule has 0 amide bonds. The van der Waals surface area contributed by atoms with Gasteiger partial charge in [0, 0.05) is 19.3 Å². The van der Waals surface area contributed by atoms with Crippen LogP contribution in [0.2, 0.25) is 0 Å². The molecule has 0 aliphatic carbocycles. The highest BCUT2D eigenvalue weighted by molar-refractivity contribution is 5.71. The van der Waals surface area contributed by atoms with Crippen molar-refractivity contribution < 1.29 is 28.6 Å². The van der Waals surface area contributed by atoms with E-state index in [1.807, 2.05) is 0 Å². The number of hydrogen-bond donors (Lipinski definition) is 0. The quantitative estimate of drug-likeness (QED) is 0.0261. The molecule has 0 aliphatic heterocycles. The number of carbonyl (C=O) groups excluding carboxylic acids is 3. The normalized spacial score (nSPS) is 12.4. The van der Waals surface area contributed by atoms with Crippen molar-refractivity contribution in [2.24, 2.45) is 0 Å². The highest BCUT2D eigenvalue weighted by Crippen LogP contribution is 2.18. The van der Waals surface area contributed by atoms with Gasteiger partial charge in [0.1, 0.15) is 13.2 Å². The van der Waals surface area contributed by atoms with Gasteiger partial charge >= 0.3 is 17.9 Å². The average Bonchev–Trinajstić information content (AvgIpc) is 3.47. The molecule has 0 saturated heterocycles. The summed E-state index contributed by atoms with van der Waals surface area (Å²) in [5, 5.41) is 0. The van der Waals surface area contributed by atoms with Gasteiger partial charge in [-0.2, -0.15) is 0 Å². The molecular formula is C75H136O6. The molecule has 6 heteroatoms. The summed E-state index contributed by atoms with van der Waals surface area (Å²) in [4.78, 5) is 38.4. The number of rotatable bonds is 66. The van der Waals surface area contributed by atoms with Crippen LogP contribution in [0.25, 0.3) is 0 Å². The van der Waals surface area contributed by atoms with Crippen molar-refractivity contribution in [3.8, 4) is 0 Å². The van der Waals surface area contributed by atoms with Crippen LogP contribution in [0.4, 0.5) is 0 Å². The Morgan fingerprint density at radius 3 is 0.765 bits per heavy atom. The monoisotopic (exact) mass is 1130 g/mol. The van der Waals surface area contributed by atoms with Gasteiger partial charge in [-0.15, -0.1) is 0 Å². The van der Waals surface area contributed by atoms with Crippen molar-refractivity contribution in [2.45, 2.75) is 386 Å². The van der Waals surface area contributed by atoms with Gasteiger partial charge in [-0.05, 0) is 83.5 Å². The standard InChI is InChI=1S/C75H136O6/c1-4-7-10-13-16-19-22-24-26-28-30-32-34-36-37-39-40-42-44-46-48-50-53-56-59-62-65-68-74(77)80-71-72(70-79-73(76)67-64-61-58-55-52-21-18-15-12-9-6-3)81-75(78)69-66-63-60-57-54-51-49-47-45-43-41-38-35-33-31-29-27-25-23-20-17-14-11-8-5-2/h8,11,17,20,25,27-28,30-31,33,72H,4-7,9-10,12-16,18-19,21-24,26,29,32,34-71H2,1-3H3/b11-8-,20-17-,27-25-,30-28-,33-31-. The lowest BCUT2D eigenvalue weighted by atomic mass is 10.0. The molecule has 0 aromatic rings. The molecule has 472 valence electrons. The molecule has 0 N–H and O–H groups in total. The van der Waals surface area contributed by atoms with Crippen LogP contribution in [0.1, 0.15) is 380 Å². The Labute approximate surface area is 504 Å². The third-order valence-electron chi connectivity index (χ3n) is 16.0. The second-order valence-corrected chi connectivity index (χ2v) is 24.1. The summed E-state index contributed by atoms with van der Waals surface area (Å²) in [6.07, 6.45) is 89.7. The van der Waals surface area contributed by atoms with E-state index in [0.29, 0.717) is 19.3 Å². The number of esters is 3. The first-order chi connectivity index (χ1) is 40.0. The number of hydrogen-bond acceptors (Lipinski definition) is 6. The van der Waals surface area contributed by atoms with Crippen LogP contribution in [0.3, 0.4) is 0 Å². The largest absolute Gasteiger partial charge is 0.462 e. The van der Waals surface area contributed by atoms with E-state index in [9.17, 15) is 14.4 Å². The van der Waals surface area contributed by atoms with Gasteiger partial charge in [0.2, 0.25) is 0 Å². The zero-order valence-electron chi connectivity index (χ0n) is 54.3. The van der Waals surface area contributed by atoms with E-state index in [4.69, 9.17) is 14.2 Å².